The minimum Gasteiger partial charge on any atom is -0.355 e. The van der Waals surface area contributed by atoms with E-state index in [0.29, 0.717) is 11.3 Å². The number of amides is 1. The highest BCUT2D eigenvalue weighted by molar-refractivity contribution is 8.00. The fourth-order valence-electron chi connectivity index (χ4n) is 2.63. The fourth-order valence-corrected chi connectivity index (χ4v) is 4.11. The summed E-state index contributed by atoms with van der Waals surface area (Å²) in [5.74, 6) is 2.07. The van der Waals surface area contributed by atoms with Crippen LogP contribution in [0, 0.1) is 5.92 Å². The number of thioether (sulfide) groups is 1. The molecule has 4 heteroatoms. The van der Waals surface area contributed by atoms with Crippen molar-refractivity contribution in [3.8, 4) is 0 Å². The Hall–Kier alpha value is 0.110. The summed E-state index contributed by atoms with van der Waals surface area (Å²) >= 11 is 7.90. The van der Waals surface area contributed by atoms with Crippen LogP contribution in [0.25, 0.3) is 0 Å². The van der Waals surface area contributed by atoms with Gasteiger partial charge in [0.25, 0.3) is 0 Å². The Labute approximate surface area is 113 Å². The van der Waals surface area contributed by atoms with Crippen molar-refractivity contribution in [2.45, 2.75) is 55.6 Å². The van der Waals surface area contributed by atoms with Crippen LogP contribution < -0.4 is 5.32 Å². The summed E-state index contributed by atoms with van der Waals surface area (Å²) in [6, 6.07) is 0. The van der Waals surface area contributed by atoms with E-state index in [-0.39, 0.29) is 11.2 Å². The van der Waals surface area contributed by atoms with Crippen molar-refractivity contribution in [1.82, 2.24) is 5.32 Å². The molecule has 1 unspecified atom stereocenters. The van der Waals surface area contributed by atoms with Gasteiger partial charge in [0.2, 0.25) is 5.91 Å². The Bertz CT molecular complexity index is 248. The predicted molar refractivity (Wildman–Crippen MR) is 74.7 cm³/mol. The van der Waals surface area contributed by atoms with Gasteiger partial charge in [-0.1, -0.05) is 6.42 Å². The molecular formula is C13H22ClNOS. The molecule has 2 nitrogen and oxygen atoms in total. The van der Waals surface area contributed by atoms with Crippen LogP contribution in [0.3, 0.4) is 0 Å². The van der Waals surface area contributed by atoms with Gasteiger partial charge in [0.1, 0.15) is 0 Å². The van der Waals surface area contributed by atoms with Gasteiger partial charge < -0.3 is 5.32 Å². The van der Waals surface area contributed by atoms with Crippen LogP contribution in [0.5, 0.6) is 0 Å². The third-order valence-corrected chi connectivity index (χ3v) is 5.63. The summed E-state index contributed by atoms with van der Waals surface area (Å²) in [6.45, 7) is 0.861. The van der Waals surface area contributed by atoms with Crippen LogP contribution in [0.15, 0.2) is 0 Å². The molecule has 1 aliphatic carbocycles. The summed E-state index contributed by atoms with van der Waals surface area (Å²) in [5.41, 5.74) is 0. The molecule has 1 atom stereocenters. The number of rotatable bonds is 3. The SMILES string of the molecule is O=C(NCC1CCC(Cl)CC1)C1CCCCS1. The smallest absolute Gasteiger partial charge is 0.233 e. The maximum atomic E-state index is 11.9. The molecule has 1 heterocycles. The topological polar surface area (TPSA) is 29.1 Å². The molecule has 0 radical (unpaired) electrons. The normalized spacial score (nSPS) is 34.3. The molecular weight excluding hydrogens is 254 g/mol. The van der Waals surface area contributed by atoms with Crippen LogP contribution in [0.1, 0.15) is 44.9 Å². The lowest BCUT2D eigenvalue weighted by molar-refractivity contribution is -0.121. The van der Waals surface area contributed by atoms with Crippen LogP contribution in [-0.4, -0.2) is 28.8 Å². The van der Waals surface area contributed by atoms with Gasteiger partial charge in [-0.25, -0.2) is 0 Å². The van der Waals surface area contributed by atoms with Gasteiger partial charge >= 0.3 is 0 Å². The number of hydrogen-bond donors (Lipinski definition) is 1. The summed E-state index contributed by atoms with van der Waals surface area (Å²) in [4.78, 5) is 11.9. The second-order valence-electron chi connectivity index (χ2n) is 5.22. The molecule has 98 valence electrons. The number of alkyl halides is 1. The standard InChI is InChI=1S/C13H22ClNOS/c14-11-6-4-10(5-7-11)9-15-13(16)12-3-1-2-8-17-12/h10-12H,1-9H2,(H,15,16). The number of nitrogens with one attached hydrogen (secondary N) is 1. The van der Waals surface area contributed by atoms with E-state index >= 15 is 0 Å². The lowest BCUT2D eigenvalue weighted by Gasteiger charge is -2.26. The van der Waals surface area contributed by atoms with Gasteiger partial charge in [-0.3, -0.25) is 4.79 Å². The minimum atomic E-state index is 0.216. The Morgan fingerprint density at radius 3 is 2.59 bits per heavy atom. The lowest BCUT2D eigenvalue weighted by atomic mass is 9.89. The molecule has 1 N–H and O–H groups in total. The Morgan fingerprint density at radius 1 is 1.18 bits per heavy atom. The van der Waals surface area contributed by atoms with E-state index in [2.05, 4.69) is 5.32 Å². The van der Waals surface area contributed by atoms with Gasteiger partial charge in [-0.05, 0) is 50.2 Å². The summed E-state index contributed by atoms with van der Waals surface area (Å²) in [7, 11) is 0. The van der Waals surface area contributed by atoms with E-state index in [0.717, 1.165) is 31.6 Å². The zero-order chi connectivity index (χ0) is 12.1. The van der Waals surface area contributed by atoms with E-state index in [9.17, 15) is 4.79 Å². The first-order chi connectivity index (χ1) is 8.25. The summed E-state index contributed by atoms with van der Waals surface area (Å²) < 4.78 is 0. The van der Waals surface area contributed by atoms with E-state index in [1.54, 1.807) is 0 Å². The second kappa shape index (κ2) is 6.89. The minimum absolute atomic E-state index is 0.216. The fraction of sp³-hybridized carbons (Fsp3) is 0.923. The molecule has 1 saturated carbocycles. The summed E-state index contributed by atoms with van der Waals surface area (Å²) in [5, 5.41) is 3.72. The van der Waals surface area contributed by atoms with Crippen LogP contribution in [-0.2, 0) is 4.79 Å². The Kier molecular flexibility index (Phi) is 5.49. The van der Waals surface area contributed by atoms with E-state index in [4.69, 9.17) is 11.6 Å². The first kappa shape index (κ1) is 13.5. The zero-order valence-electron chi connectivity index (χ0n) is 10.3. The molecule has 2 fully saturated rings. The average molecular weight is 276 g/mol. The predicted octanol–water partition coefficient (Wildman–Crippen LogP) is 3.19. The molecule has 0 spiro atoms. The van der Waals surface area contributed by atoms with Gasteiger partial charge in [-0.2, -0.15) is 0 Å². The lowest BCUT2D eigenvalue weighted by Crippen LogP contribution is -2.38. The van der Waals surface area contributed by atoms with Gasteiger partial charge in [0.15, 0.2) is 0 Å². The van der Waals surface area contributed by atoms with Crippen molar-refractivity contribution in [2.24, 2.45) is 5.92 Å². The Morgan fingerprint density at radius 2 is 1.94 bits per heavy atom. The summed E-state index contributed by atoms with van der Waals surface area (Å²) in [6.07, 6.45) is 8.11. The monoisotopic (exact) mass is 275 g/mol. The van der Waals surface area contributed by atoms with E-state index in [1.165, 1.54) is 25.7 Å². The first-order valence-electron chi connectivity index (χ1n) is 6.79. The average Bonchev–Trinajstić information content (AvgIpc) is 2.39. The molecule has 17 heavy (non-hydrogen) atoms. The van der Waals surface area contributed by atoms with Gasteiger partial charge in [0, 0.05) is 11.9 Å². The zero-order valence-corrected chi connectivity index (χ0v) is 11.9. The largest absolute Gasteiger partial charge is 0.355 e. The highest BCUT2D eigenvalue weighted by Gasteiger charge is 2.24. The van der Waals surface area contributed by atoms with Gasteiger partial charge in [-0.15, -0.1) is 23.4 Å². The maximum Gasteiger partial charge on any atom is 0.233 e. The third kappa shape index (κ3) is 4.36. The number of carbonyl (C=O) groups excluding carboxylic acids is 1. The first-order valence-corrected chi connectivity index (χ1v) is 8.27. The Balaban J connectivity index is 1.65. The van der Waals surface area contributed by atoms with Crippen molar-refractivity contribution in [3.05, 3.63) is 0 Å². The van der Waals surface area contributed by atoms with Crippen molar-refractivity contribution < 1.29 is 4.79 Å². The maximum absolute atomic E-state index is 11.9. The van der Waals surface area contributed by atoms with Crippen molar-refractivity contribution in [2.75, 3.05) is 12.3 Å². The van der Waals surface area contributed by atoms with E-state index < -0.39 is 0 Å². The molecule has 1 amide bonds. The van der Waals surface area contributed by atoms with Gasteiger partial charge in [0.05, 0.1) is 5.25 Å². The molecule has 1 aliphatic heterocycles. The van der Waals surface area contributed by atoms with Crippen molar-refractivity contribution >= 4 is 29.3 Å². The molecule has 1 saturated heterocycles. The number of hydrogen-bond acceptors (Lipinski definition) is 2. The van der Waals surface area contributed by atoms with Crippen LogP contribution in [0.4, 0.5) is 0 Å². The molecule has 0 bridgehead atoms. The number of halogens is 1. The molecule has 0 aromatic carbocycles. The number of carbonyl (C=O) groups is 1. The molecule has 2 aliphatic rings. The highest BCUT2D eigenvalue weighted by atomic mass is 35.5. The molecule has 2 rings (SSSR count). The molecule has 0 aromatic rings. The van der Waals surface area contributed by atoms with E-state index in [1.807, 2.05) is 11.8 Å². The van der Waals surface area contributed by atoms with Crippen LogP contribution in [0.2, 0.25) is 0 Å². The van der Waals surface area contributed by atoms with Crippen molar-refractivity contribution in [3.63, 3.8) is 0 Å². The second-order valence-corrected chi connectivity index (χ2v) is 7.15. The molecule has 0 aromatic heterocycles. The third-order valence-electron chi connectivity index (χ3n) is 3.81. The quantitative estimate of drug-likeness (QED) is 0.802. The van der Waals surface area contributed by atoms with Crippen LogP contribution >= 0.6 is 23.4 Å². The highest BCUT2D eigenvalue weighted by Crippen LogP contribution is 2.28. The van der Waals surface area contributed by atoms with Crippen molar-refractivity contribution in [1.29, 1.82) is 0 Å².